The molecule has 1 amide bonds. The van der Waals surface area contributed by atoms with Crippen LogP contribution in [0.3, 0.4) is 0 Å². The van der Waals surface area contributed by atoms with Crippen LogP contribution in [-0.2, 0) is 14.8 Å². The number of hydrogen-bond acceptors (Lipinski definition) is 6. The van der Waals surface area contributed by atoms with E-state index in [1.807, 2.05) is 0 Å². The first-order valence-corrected chi connectivity index (χ1v) is 7.17. The van der Waals surface area contributed by atoms with Crippen molar-refractivity contribution >= 4 is 21.9 Å². The fraction of sp³-hybridized carbons (Fsp3) is 0.500. The lowest BCUT2D eigenvalue weighted by Gasteiger charge is -2.19. The van der Waals surface area contributed by atoms with E-state index in [1.54, 1.807) is 7.05 Å². The normalized spacial score (nSPS) is 18.4. The molecule has 8 nitrogen and oxygen atoms in total. The van der Waals surface area contributed by atoms with Gasteiger partial charge < -0.3 is 10.6 Å². The molecule has 0 atom stereocenters. The van der Waals surface area contributed by atoms with Crippen LogP contribution in [0.2, 0.25) is 0 Å². The van der Waals surface area contributed by atoms with Crippen molar-refractivity contribution in [3.8, 4) is 0 Å². The van der Waals surface area contributed by atoms with E-state index in [2.05, 4.69) is 9.97 Å². The first-order valence-electron chi connectivity index (χ1n) is 5.73. The van der Waals surface area contributed by atoms with Gasteiger partial charge in [-0.2, -0.15) is 4.31 Å². The fourth-order valence-electron chi connectivity index (χ4n) is 1.77. The lowest BCUT2D eigenvalue weighted by Crippen LogP contribution is -2.38. The number of carbonyl (C=O) groups excluding carboxylic acids is 1. The van der Waals surface area contributed by atoms with Crippen LogP contribution in [0.4, 0.5) is 5.95 Å². The van der Waals surface area contributed by atoms with Gasteiger partial charge in [0.15, 0.2) is 0 Å². The Kier molecular flexibility index (Phi) is 3.67. The third-order valence-electron chi connectivity index (χ3n) is 2.92. The molecule has 0 spiro atoms. The first-order chi connectivity index (χ1) is 8.91. The number of anilines is 1. The molecule has 0 unspecified atom stereocenters. The van der Waals surface area contributed by atoms with Gasteiger partial charge in [-0.25, -0.2) is 18.4 Å². The molecule has 9 heteroatoms. The SMILES string of the molecule is CN1CCCN(S(=O)(=O)c2cnc(N)nc2)CC1=O. The highest BCUT2D eigenvalue weighted by atomic mass is 32.2. The molecule has 1 aromatic heterocycles. The molecule has 1 aliphatic rings. The van der Waals surface area contributed by atoms with E-state index in [1.165, 1.54) is 4.90 Å². The number of likely N-dealkylation sites (N-methyl/N-ethyl adjacent to an activating group) is 1. The van der Waals surface area contributed by atoms with Crippen molar-refractivity contribution in [1.82, 2.24) is 19.2 Å². The minimum Gasteiger partial charge on any atom is -0.368 e. The summed E-state index contributed by atoms with van der Waals surface area (Å²) in [4.78, 5) is 20.5. The smallest absolute Gasteiger partial charge is 0.246 e. The number of rotatable bonds is 2. The number of amides is 1. The van der Waals surface area contributed by atoms with Crippen LogP contribution in [0, 0.1) is 0 Å². The first kappa shape index (κ1) is 13.7. The summed E-state index contributed by atoms with van der Waals surface area (Å²) >= 11 is 0. The summed E-state index contributed by atoms with van der Waals surface area (Å²) in [6.07, 6.45) is 2.89. The highest BCUT2D eigenvalue weighted by molar-refractivity contribution is 7.89. The van der Waals surface area contributed by atoms with Crippen LogP contribution in [0.1, 0.15) is 6.42 Å². The van der Waals surface area contributed by atoms with E-state index in [0.29, 0.717) is 19.5 Å². The molecule has 2 N–H and O–H groups in total. The number of nitrogen functional groups attached to an aromatic ring is 1. The van der Waals surface area contributed by atoms with Gasteiger partial charge in [0.1, 0.15) is 4.90 Å². The average molecular weight is 285 g/mol. The van der Waals surface area contributed by atoms with Gasteiger partial charge in [-0.3, -0.25) is 4.79 Å². The molecular weight excluding hydrogens is 270 g/mol. The summed E-state index contributed by atoms with van der Waals surface area (Å²) in [5.74, 6) is -0.219. The molecule has 1 aromatic rings. The van der Waals surface area contributed by atoms with Crippen molar-refractivity contribution in [3.63, 3.8) is 0 Å². The standard InChI is InChI=1S/C10H15N5O3S/c1-14-3-2-4-15(7-9(14)16)19(17,18)8-5-12-10(11)13-6-8/h5-6H,2-4,7H2,1H3,(H2,11,12,13). The van der Waals surface area contributed by atoms with Crippen LogP contribution < -0.4 is 5.73 Å². The maximum Gasteiger partial charge on any atom is 0.246 e. The Morgan fingerprint density at radius 3 is 2.53 bits per heavy atom. The lowest BCUT2D eigenvalue weighted by atomic mass is 10.4. The third-order valence-corrected chi connectivity index (χ3v) is 4.72. The van der Waals surface area contributed by atoms with Crippen LogP contribution in [0.25, 0.3) is 0 Å². The van der Waals surface area contributed by atoms with E-state index in [4.69, 9.17) is 5.73 Å². The van der Waals surface area contributed by atoms with Gasteiger partial charge in [-0.05, 0) is 6.42 Å². The number of nitrogens with two attached hydrogens (primary N) is 1. The zero-order chi connectivity index (χ0) is 14.0. The summed E-state index contributed by atoms with van der Waals surface area (Å²) < 4.78 is 25.8. The molecule has 1 aliphatic heterocycles. The maximum atomic E-state index is 12.3. The van der Waals surface area contributed by atoms with Crippen LogP contribution >= 0.6 is 0 Å². The van der Waals surface area contributed by atoms with Gasteiger partial charge in [-0.15, -0.1) is 0 Å². The maximum absolute atomic E-state index is 12.3. The van der Waals surface area contributed by atoms with Crippen LogP contribution in [0.5, 0.6) is 0 Å². The summed E-state index contributed by atoms with van der Waals surface area (Å²) in [5.41, 5.74) is 5.32. The Balaban J connectivity index is 2.28. The molecule has 2 rings (SSSR count). The number of hydrogen-bond donors (Lipinski definition) is 1. The van der Waals surface area contributed by atoms with Crippen molar-refractivity contribution in [1.29, 1.82) is 0 Å². The average Bonchev–Trinajstić information content (AvgIpc) is 2.53. The van der Waals surface area contributed by atoms with Gasteiger partial charge in [0, 0.05) is 20.1 Å². The zero-order valence-electron chi connectivity index (χ0n) is 10.5. The van der Waals surface area contributed by atoms with Crippen molar-refractivity contribution in [2.45, 2.75) is 11.3 Å². The summed E-state index contributed by atoms with van der Waals surface area (Å²) in [6.45, 7) is 0.676. The molecule has 0 radical (unpaired) electrons. The molecule has 1 fully saturated rings. The minimum absolute atomic E-state index is 0.00521. The number of carbonyl (C=O) groups is 1. The predicted octanol–water partition coefficient (Wildman–Crippen LogP) is -1.09. The zero-order valence-corrected chi connectivity index (χ0v) is 11.3. The second kappa shape index (κ2) is 5.10. The van der Waals surface area contributed by atoms with Gasteiger partial charge in [0.25, 0.3) is 0 Å². The third kappa shape index (κ3) is 2.82. The molecule has 2 heterocycles. The largest absolute Gasteiger partial charge is 0.368 e. The molecule has 19 heavy (non-hydrogen) atoms. The molecule has 104 valence electrons. The molecule has 1 saturated heterocycles. The monoisotopic (exact) mass is 285 g/mol. The van der Waals surface area contributed by atoms with Crippen molar-refractivity contribution in [3.05, 3.63) is 12.4 Å². The van der Waals surface area contributed by atoms with Gasteiger partial charge >= 0.3 is 0 Å². The van der Waals surface area contributed by atoms with Crippen molar-refractivity contribution in [2.24, 2.45) is 0 Å². The van der Waals surface area contributed by atoms with Crippen LogP contribution in [-0.4, -0.2) is 60.2 Å². The second-order valence-electron chi connectivity index (χ2n) is 4.28. The van der Waals surface area contributed by atoms with Gasteiger partial charge in [0.2, 0.25) is 21.9 Å². The number of sulfonamides is 1. The highest BCUT2D eigenvalue weighted by Crippen LogP contribution is 2.16. The Morgan fingerprint density at radius 2 is 1.89 bits per heavy atom. The van der Waals surface area contributed by atoms with E-state index in [9.17, 15) is 13.2 Å². The van der Waals surface area contributed by atoms with Gasteiger partial charge in [-0.1, -0.05) is 0 Å². The molecule has 0 aliphatic carbocycles. The minimum atomic E-state index is -3.75. The van der Waals surface area contributed by atoms with E-state index in [-0.39, 0.29) is 23.3 Å². The molecule has 0 bridgehead atoms. The van der Waals surface area contributed by atoms with E-state index < -0.39 is 10.0 Å². The number of aromatic nitrogens is 2. The second-order valence-corrected chi connectivity index (χ2v) is 6.22. The molecular formula is C10H15N5O3S. The van der Waals surface area contributed by atoms with E-state index in [0.717, 1.165) is 16.7 Å². The molecule has 0 saturated carbocycles. The van der Waals surface area contributed by atoms with Gasteiger partial charge in [0.05, 0.1) is 18.9 Å². The predicted molar refractivity (Wildman–Crippen MR) is 67.5 cm³/mol. The summed E-state index contributed by atoms with van der Waals surface area (Å²) in [6, 6.07) is 0. The van der Waals surface area contributed by atoms with Crippen molar-refractivity contribution in [2.75, 3.05) is 32.4 Å². The summed E-state index contributed by atoms with van der Waals surface area (Å²) in [5, 5.41) is 0. The highest BCUT2D eigenvalue weighted by Gasteiger charge is 2.30. The lowest BCUT2D eigenvalue weighted by molar-refractivity contribution is -0.129. The Bertz CT molecular complexity index is 571. The Morgan fingerprint density at radius 1 is 1.26 bits per heavy atom. The number of nitrogens with zero attached hydrogens (tertiary/aromatic N) is 4. The summed E-state index contributed by atoms with van der Waals surface area (Å²) in [7, 11) is -2.10. The van der Waals surface area contributed by atoms with Crippen molar-refractivity contribution < 1.29 is 13.2 Å². The van der Waals surface area contributed by atoms with Crippen LogP contribution in [0.15, 0.2) is 17.3 Å². The molecule has 0 aromatic carbocycles. The van der Waals surface area contributed by atoms with E-state index >= 15 is 0 Å². The Labute approximate surface area is 111 Å². The quantitative estimate of drug-likeness (QED) is 0.739. The topological polar surface area (TPSA) is 109 Å². The fourth-order valence-corrected chi connectivity index (χ4v) is 3.09. The Hall–Kier alpha value is -1.74.